The number of nitrogens with zero attached hydrogens (tertiary/aromatic N) is 1. The van der Waals surface area contributed by atoms with Crippen LogP contribution in [0, 0.1) is 0 Å². The standard InChI is InChI=1S/C22H23NO5/c1-24-18-7-6-13-8-17-15-11-20(26-3)19(25-2)9-14(15)10-21(27-4)23(17)12-16(13)22(18)28-5/h6-11H,12H2,1-5H3. The molecule has 6 heteroatoms. The predicted molar refractivity (Wildman–Crippen MR) is 107 cm³/mol. The van der Waals surface area contributed by atoms with Crippen LogP contribution in [0.1, 0.15) is 22.3 Å². The first-order chi connectivity index (χ1) is 13.6. The molecule has 2 heterocycles. The number of ether oxygens (including phenoxy) is 5. The van der Waals surface area contributed by atoms with Gasteiger partial charge in [-0.05, 0) is 35.4 Å². The minimum Gasteiger partial charge on any atom is -0.493 e. The molecule has 0 bridgehead atoms. The Morgan fingerprint density at radius 1 is 0.714 bits per heavy atom. The highest BCUT2D eigenvalue weighted by Crippen LogP contribution is 2.46. The highest BCUT2D eigenvalue weighted by Gasteiger charge is 2.31. The van der Waals surface area contributed by atoms with Crippen molar-refractivity contribution in [2.24, 2.45) is 0 Å². The monoisotopic (exact) mass is 381 g/mol. The van der Waals surface area contributed by atoms with E-state index in [1.165, 1.54) is 0 Å². The molecule has 0 aromatic heterocycles. The zero-order chi connectivity index (χ0) is 19.8. The van der Waals surface area contributed by atoms with Crippen LogP contribution in [0.5, 0.6) is 23.0 Å². The Balaban J connectivity index is 1.94. The summed E-state index contributed by atoms with van der Waals surface area (Å²) in [4.78, 5) is 2.12. The lowest BCUT2D eigenvalue weighted by Gasteiger charge is -2.37. The molecule has 0 fully saturated rings. The van der Waals surface area contributed by atoms with E-state index >= 15 is 0 Å². The van der Waals surface area contributed by atoms with E-state index in [0.29, 0.717) is 23.8 Å². The molecule has 0 atom stereocenters. The molecule has 0 radical (unpaired) electrons. The summed E-state index contributed by atoms with van der Waals surface area (Å²) >= 11 is 0. The van der Waals surface area contributed by atoms with Crippen LogP contribution in [-0.4, -0.2) is 40.4 Å². The van der Waals surface area contributed by atoms with Crippen LogP contribution in [0.25, 0.3) is 17.8 Å². The van der Waals surface area contributed by atoms with Gasteiger partial charge in [0.15, 0.2) is 28.9 Å². The van der Waals surface area contributed by atoms with Gasteiger partial charge in [-0.25, -0.2) is 0 Å². The Labute approximate surface area is 164 Å². The molecule has 0 aliphatic carbocycles. The van der Waals surface area contributed by atoms with Crippen molar-refractivity contribution in [2.75, 3.05) is 35.5 Å². The first-order valence-corrected chi connectivity index (χ1v) is 8.90. The quantitative estimate of drug-likeness (QED) is 0.781. The molecule has 0 saturated carbocycles. The third kappa shape index (κ3) is 2.64. The second-order valence-corrected chi connectivity index (χ2v) is 6.47. The predicted octanol–water partition coefficient (Wildman–Crippen LogP) is 3.99. The minimum absolute atomic E-state index is 0.606. The fourth-order valence-electron chi connectivity index (χ4n) is 3.81. The zero-order valence-electron chi connectivity index (χ0n) is 16.7. The Kier molecular flexibility index (Phi) is 4.55. The van der Waals surface area contributed by atoms with Crippen molar-refractivity contribution in [3.05, 3.63) is 52.4 Å². The average molecular weight is 381 g/mol. The highest BCUT2D eigenvalue weighted by atomic mass is 16.5. The van der Waals surface area contributed by atoms with Crippen LogP contribution in [0.2, 0.25) is 0 Å². The van der Waals surface area contributed by atoms with E-state index in [1.54, 1.807) is 35.5 Å². The van der Waals surface area contributed by atoms with Gasteiger partial charge in [0.05, 0.1) is 47.8 Å². The Hall–Kier alpha value is -3.28. The van der Waals surface area contributed by atoms with Crippen LogP contribution >= 0.6 is 0 Å². The molecule has 28 heavy (non-hydrogen) atoms. The minimum atomic E-state index is 0.606. The first-order valence-electron chi connectivity index (χ1n) is 8.90. The molecule has 0 unspecified atom stereocenters. The molecular formula is C22H23NO5. The zero-order valence-corrected chi connectivity index (χ0v) is 16.7. The maximum Gasteiger partial charge on any atom is 0.194 e. The maximum atomic E-state index is 5.69. The summed E-state index contributed by atoms with van der Waals surface area (Å²) in [5, 5.41) is 0. The summed E-state index contributed by atoms with van der Waals surface area (Å²) in [5.41, 5.74) is 5.24. The number of fused-ring (bicyclic) bond motifs is 4. The van der Waals surface area contributed by atoms with E-state index in [2.05, 4.69) is 11.0 Å². The largest absolute Gasteiger partial charge is 0.493 e. The molecule has 6 nitrogen and oxygen atoms in total. The fraction of sp³-hybridized carbons (Fsp3) is 0.273. The van der Waals surface area contributed by atoms with Gasteiger partial charge in [0.1, 0.15) is 0 Å². The van der Waals surface area contributed by atoms with E-state index in [1.807, 2.05) is 30.3 Å². The topological polar surface area (TPSA) is 49.4 Å². The molecule has 4 rings (SSSR count). The number of rotatable bonds is 5. The molecular weight excluding hydrogens is 358 g/mol. The molecule has 0 N–H and O–H groups in total. The summed E-state index contributed by atoms with van der Waals surface area (Å²) in [5.74, 6) is 3.58. The van der Waals surface area contributed by atoms with Crippen LogP contribution in [0.3, 0.4) is 0 Å². The summed E-state index contributed by atoms with van der Waals surface area (Å²) in [7, 11) is 8.26. The third-order valence-electron chi connectivity index (χ3n) is 5.17. The van der Waals surface area contributed by atoms with Crippen LogP contribution in [-0.2, 0) is 11.3 Å². The Bertz CT molecular complexity index is 993. The smallest absolute Gasteiger partial charge is 0.194 e. The van der Waals surface area contributed by atoms with Crippen LogP contribution in [0.15, 0.2) is 30.1 Å². The average Bonchev–Trinajstić information content (AvgIpc) is 2.75. The van der Waals surface area contributed by atoms with Crippen molar-refractivity contribution < 1.29 is 23.7 Å². The number of hydrogen-bond donors (Lipinski definition) is 0. The molecule has 2 aromatic carbocycles. The van der Waals surface area contributed by atoms with E-state index in [4.69, 9.17) is 23.7 Å². The van der Waals surface area contributed by atoms with Crippen molar-refractivity contribution >= 4 is 17.8 Å². The summed E-state index contributed by atoms with van der Waals surface area (Å²) in [6.45, 7) is 0.606. The molecule has 2 aromatic rings. The van der Waals surface area contributed by atoms with E-state index in [9.17, 15) is 0 Å². The van der Waals surface area contributed by atoms with Crippen molar-refractivity contribution in [2.45, 2.75) is 6.54 Å². The lowest BCUT2D eigenvalue weighted by molar-refractivity contribution is 0.193. The van der Waals surface area contributed by atoms with E-state index in [0.717, 1.165) is 39.6 Å². The number of hydrogen-bond acceptors (Lipinski definition) is 6. The molecule has 0 saturated heterocycles. The van der Waals surface area contributed by atoms with Gasteiger partial charge in [0, 0.05) is 17.2 Å². The summed E-state index contributed by atoms with van der Waals surface area (Å²) < 4.78 is 27.8. The second-order valence-electron chi connectivity index (χ2n) is 6.47. The molecule has 0 amide bonds. The van der Waals surface area contributed by atoms with Crippen molar-refractivity contribution in [1.29, 1.82) is 0 Å². The Morgan fingerprint density at radius 3 is 2.07 bits per heavy atom. The van der Waals surface area contributed by atoms with Crippen molar-refractivity contribution in [1.82, 2.24) is 4.90 Å². The summed E-state index contributed by atoms with van der Waals surface area (Å²) in [6, 6.07) is 7.94. The van der Waals surface area contributed by atoms with E-state index in [-0.39, 0.29) is 0 Å². The third-order valence-corrected chi connectivity index (χ3v) is 5.17. The van der Waals surface area contributed by atoms with Gasteiger partial charge >= 0.3 is 0 Å². The van der Waals surface area contributed by atoms with Gasteiger partial charge in [-0.3, -0.25) is 0 Å². The van der Waals surface area contributed by atoms with Gasteiger partial charge < -0.3 is 28.6 Å². The fourth-order valence-corrected chi connectivity index (χ4v) is 3.81. The van der Waals surface area contributed by atoms with Crippen molar-refractivity contribution in [3.8, 4) is 23.0 Å². The lowest BCUT2D eigenvalue weighted by Crippen LogP contribution is -2.28. The molecule has 2 aliphatic heterocycles. The SMILES string of the molecule is COC1=Cc2cc(OC)c(OC)cc2C2=Cc3ccc(OC)c(OC)c3CN12. The highest BCUT2D eigenvalue weighted by molar-refractivity contribution is 5.91. The van der Waals surface area contributed by atoms with Crippen LogP contribution in [0.4, 0.5) is 0 Å². The molecule has 0 spiro atoms. The van der Waals surface area contributed by atoms with Gasteiger partial charge in [0.25, 0.3) is 0 Å². The molecule has 2 aliphatic rings. The Morgan fingerprint density at radius 2 is 1.43 bits per heavy atom. The van der Waals surface area contributed by atoms with Crippen LogP contribution < -0.4 is 18.9 Å². The van der Waals surface area contributed by atoms with Gasteiger partial charge in [0.2, 0.25) is 0 Å². The lowest BCUT2D eigenvalue weighted by atomic mass is 9.92. The van der Waals surface area contributed by atoms with E-state index < -0.39 is 0 Å². The van der Waals surface area contributed by atoms with Gasteiger partial charge in [-0.2, -0.15) is 0 Å². The first kappa shape index (κ1) is 18.1. The molecule has 146 valence electrons. The summed E-state index contributed by atoms with van der Waals surface area (Å²) in [6.07, 6.45) is 4.14. The maximum absolute atomic E-state index is 5.69. The number of benzene rings is 2. The normalized spacial score (nSPS) is 14.1. The number of methoxy groups -OCH3 is 5. The van der Waals surface area contributed by atoms with Gasteiger partial charge in [-0.1, -0.05) is 6.07 Å². The van der Waals surface area contributed by atoms with Gasteiger partial charge in [-0.15, -0.1) is 0 Å². The second kappa shape index (κ2) is 7.03. The van der Waals surface area contributed by atoms with Crippen molar-refractivity contribution in [3.63, 3.8) is 0 Å².